The summed E-state index contributed by atoms with van der Waals surface area (Å²) in [6.07, 6.45) is 0. The third-order valence-electron chi connectivity index (χ3n) is 5.63. The number of carbonyl (C=O) groups is 2. The van der Waals surface area contributed by atoms with Crippen LogP contribution in [0.4, 0.5) is 0 Å². The Morgan fingerprint density at radius 2 is 1.45 bits per heavy atom. The molecule has 0 bridgehead atoms. The lowest BCUT2D eigenvalue weighted by molar-refractivity contribution is -0.133. The number of nitrogens with zero attached hydrogens (tertiary/aromatic N) is 1. The van der Waals surface area contributed by atoms with E-state index >= 15 is 0 Å². The first kappa shape index (κ1) is 20.6. The first-order valence-electron chi connectivity index (χ1n) is 10.3. The fraction of sp³-hybridized carbons (Fsp3) is 0.185. The van der Waals surface area contributed by atoms with Crippen molar-refractivity contribution in [1.29, 1.82) is 0 Å². The zero-order valence-corrected chi connectivity index (χ0v) is 18.0. The molecule has 0 saturated heterocycles. The zero-order valence-electron chi connectivity index (χ0n) is 18.0. The van der Waals surface area contributed by atoms with Crippen LogP contribution < -0.4 is 0 Å². The number of likely N-dealkylation sites (N-methyl/N-ethyl adjacent to an activating group) is 1. The smallest absolute Gasteiger partial charge is 0.339 e. The molecule has 0 unspecified atom stereocenters. The normalized spacial score (nSPS) is 10.9. The Morgan fingerprint density at radius 3 is 2.06 bits per heavy atom. The van der Waals surface area contributed by atoms with E-state index in [1.54, 1.807) is 11.9 Å². The van der Waals surface area contributed by atoms with Crippen molar-refractivity contribution in [3.63, 3.8) is 0 Å². The van der Waals surface area contributed by atoms with Crippen LogP contribution >= 0.6 is 0 Å². The molecule has 4 aromatic rings. The molecule has 0 aliphatic rings. The SMILES string of the molecule is Cc1ccc(CN(C)C(=O)COC(=O)c2c3ccccc3cc3ccccc23)c(C)c1. The van der Waals surface area contributed by atoms with E-state index in [0.717, 1.165) is 32.7 Å². The highest BCUT2D eigenvalue weighted by atomic mass is 16.5. The van der Waals surface area contributed by atoms with Crippen LogP contribution in [0.5, 0.6) is 0 Å². The summed E-state index contributed by atoms with van der Waals surface area (Å²) < 4.78 is 5.48. The van der Waals surface area contributed by atoms with E-state index in [2.05, 4.69) is 12.1 Å². The number of hydrogen-bond donors (Lipinski definition) is 0. The van der Waals surface area contributed by atoms with Crippen molar-refractivity contribution in [3.8, 4) is 0 Å². The maximum Gasteiger partial charge on any atom is 0.339 e. The maximum absolute atomic E-state index is 13.1. The first-order valence-corrected chi connectivity index (χ1v) is 10.3. The van der Waals surface area contributed by atoms with Crippen molar-refractivity contribution in [1.82, 2.24) is 4.90 Å². The van der Waals surface area contributed by atoms with Gasteiger partial charge in [0.05, 0.1) is 5.56 Å². The van der Waals surface area contributed by atoms with Crippen LogP contribution in [0, 0.1) is 13.8 Å². The van der Waals surface area contributed by atoms with Gasteiger partial charge in [-0.2, -0.15) is 0 Å². The summed E-state index contributed by atoms with van der Waals surface area (Å²) >= 11 is 0. The Hall–Kier alpha value is -3.66. The van der Waals surface area contributed by atoms with Gasteiger partial charge in [-0.05, 0) is 52.6 Å². The summed E-state index contributed by atoms with van der Waals surface area (Å²) in [5.41, 5.74) is 3.90. The Balaban J connectivity index is 1.53. The number of rotatable bonds is 5. The van der Waals surface area contributed by atoms with Crippen LogP contribution in [0.25, 0.3) is 21.5 Å². The second-order valence-electron chi connectivity index (χ2n) is 7.95. The molecule has 0 saturated carbocycles. The third-order valence-corrected chi connectivity index (χ3v) is 5.63. The highest BCUT2D eigenvalue weighted by Gasteiger charge is 2.19. The molecule has 0 N–H and O–H groups in total. The summed E-state index contributed by atoms with van der Waals surface area (Å²) in [6, 6.07) is 23.7. The molecule has 156 valence electrons. The molecule has 0 fully saturated rings. The largest absolute Gasteiger partial charge is 0.452 e. The van der Waals surface area contributed by atoms with Crippen molar-refractivity contribution in [3.05, 3.63) is 95.1 Å². The Bertz CT molecular complexity index is 1240. The Kier molecular flexibility index (Phi) is 5.72. The fourth-order valence-electron chi connectivity index (χ4n) is 3.91. The minimum absolute atomic E-state index is 0.238. The van der Waals surface area contributed by atoms with Gasteiger partial charge in [-0.1, -0.05) is 72.3 Å². The van der Waals surface area contributed by atoms with Gasteiger partial charge in [0.25, 0.3) is 5.91 Å². The molecule has 0 aromatic heterocycles. The fourth-order valence-corrected chi connectivity index (χ4v) is 3.91. The summed E-state index contributed by atoms with van der Waals surface area (Å²) in [5.74, 6) is -0.723. The average molecular weight is 412 g/mol. The van der Waals surface area contributed by atoms with Gasteiger partial charge in [-0.15, -0.1) is 0 Å². The molecule has 0 spiro atoms. The highest BCUT2D eigenvalue weighted by Crippen LogP contribution is 2.29. The molecule has 0 aliphatic carbocycles. The lowest BCUT2D eigenvalue weighted by Gasteiger charge is -2.19. The minimum atomic E-state index is -0.485. The summed E-state index contributed by atoms with van der Waals surface area (Å²) in [6.45, 7) is 4.26. The number of fused-ring (bicyclic) bond motifs is 2. The lowest BCUT2D eigenvalue weighted by atomic mass is 9.97. The zero-order chi connectivity index (χ0) is 22.0. The van der Waals surface area contributed by atoms with E-state index < -0.39 is 5.97 Å². The third kappa shape index (κ3) is 4.29. The van der Waals surface area contributed by atoms with Crippen LogP contribution in [0.2, 0.25) is 0 Å². The van der Waals surface area contributed by atoms with Gasteiger partial charge in [0.2, 0.25) is 0 Å². The van der Waals surface area contributed by atoms with Crippen LogP contribution in [-0.2, 0) is 16.1 Å². The maximum atomic E-state index is 13.1. The molecule has 1 amide bonds. The Labute approximate surface area is 182 Å². The molecule has 4 heteroatoms. The van der Waals surface area contributed by atoms with Gasteiger partial charge in [-0.3, -0.25) is 4.79 Å². The van der Waals surface area contributed by atoms with Gasteiger partial charge in [0.1, 0.15) is 0 Å². The van der Waals surface area contributed by atoms with E-state index in [0.29, 0.717) is 12.1 Å². The van der Waals surface area contributed by atoms with E-state index in [-0.39, 0.29) is 12.5 Å². The van der Waals surface area contributed by atoms with Crippen LogP contribution in [0.15, 0.2) is 72.8 Å². The summed E-state index contributed by atoms with van der Waals surface area (Å²) in [5, 5.41) is 3.57. The number of benzene rings is 4. The van der Waals surface area contributed by atoms with Crippen molar-refractivity contribution in [2.45, 2.75) is 20.4 Å². The molecule has 4 aromatic carbocycles. The van der Waals surface area contributed by atoms with E-state index in [1.165, 1.54) is 5.56 Å². The number of carbonyl (C=O) groups excluding carboxylic acids is 2. The molecule has 0 aliphatic heterocycles. The average Bonchev–Trinajstić information content (AvgIpc) is 2.77. The van der Waals surface area contributed by atoms with Gasteiger partial charge in [0, 0.05) is 13.6 Å². The predicted octanol–water partition coefficient (Wildman–Crippen LogP) is 5.43. The predicted molar refractivity (Wildman–Crippen MR) is 124 cm³/mol. The quantitative estimate of drug-likeness (QED) is 0.325. The van der Waals surface area contributed by atoms with Gasteiger partial charge in [0.15, 0.2) is 6.61 Å². The second kappa shape index (κ2) is 8.60. The van der Waals surface area contributed by atoms with Gasteiger partial charge < -0.3 is 9.64 Å². The molecular formula is C27H25NO3. The summed E-state index contributed by atoms with van der Waals surface area (Å²) in [7, 11) is 1.72. The molecular weight excluding hydrogens is 386 g/mol. The highest BCUT2D eigenvalue weighted by molar-refractivity contribution is 6.16. The second-order valence-corrected chi connectivity index (χ2v) is 7.95. The minimum Gasteiger partial charge on any atom is -0.452 e. The van der Waals surface area contributed by atoms with E-state index in [4.69, 9.17) is 4.74 Å². The standard InChI is InChI=1S/C27H25NO3/c1-18-12-13-22(19(2)14-18)16-28(3)25(29)17-31-27(30)26-23-10-6-4-8-20(23)15-21-9-5-7-11-24(21)26/h4-15H,16-17H2,1-3H3. The number of hydrogen-bond acceptors (Lipinski definition) is 3. The Morgan fingerprint density at radius 1 is 0.839 bits per heavy atom. The lowest BCUT2D eigenvalue weighted by Crippen LogP contribution is -2.31. The molecule has 0 atom stereocenters. The van der Waals surface area contributed by atoms with E-state index in [1.807, 2.05) is 74.5 Å². The summed E-state index contributed by atoms with van der Waals surface area (Å²) in [4.78, 5) is 27.3. The van der Waals surface area contributed by atoms with Gasteiger partial charge in [-0.25, -0.2) is 4.79 Å². The van der Waals surface area contributed by atoms with Crippen LogP contribution in [0.3, 0.4) is 0 Å². The molecule has 31 heavy (non-hydrogen) atoms. The van der Waals surface area contributed by atoms with Crippen molar-refractivity contribution in [2.24, 2.45) is 0 Å². The van der Waals surface area contributed by atoms with Crippen molar-refractivity contribution < 1.29 is 14.3 Å². The monoisotopic (exact) mass is 411 g/mol. The van der Waals surface area contributed by atoms with Crippen molar-refractivity contribution in [2.75, 3.05) is 13.7 Å². The van der Waals surface area contributed by atoms with Gasteiger partial charge >= 0.3 is 5.97 Å². The van der Waals surface area contributed by atoms with Crippen molar-refractivity contribution >= 4 is 33.4 Å². The topological polar surface area (TPSA) is 46.6 Å². The molecule has 0 radical (unpaired) electrons. The number of esters is 1. The number of amides is 1. The molecule has 0 heterocycles. The number of ether oxygens (including phenoxy) is 1. The number of aryl methyl sites for hydroxylation is 2. The molecule has 4 nitrogen and oxygen atoms in total. The van der Waals surface area contributed by atoms with Crippen LogP contribution in [-0.4, -0.2) is 30.4 Å². The van der Waals surface area contributed by atoms with Crippen LogP contribution in [0.1, 0.15) is 27.0 Å². The first-order chi connectivity index (χ1) is 14.9. The molecule has 4 rings (SSSR count). The van der Waals surface area contributed by atoms with E-state index in [9.17, 15) is 9.59 Å².